The lowest BCUT2D eigenvalue weighted by Crippen LogP contribution is -2.32. The zero-order valence-corrected chi connectivity index (χ0v) is 28.8. The highest BCUT2D eigenvalue weighted by atomic mass is 16.5. The van der Waals surface area contributed by atoms with Gasteiger partial charge in [-0.25, -0.2) is 4.98 Å². The minimum atomic E-state index is -0.490. The summed E-state index contributed by atoms with van der Waals surface area (Å²) >= 11 is 0. The fourth-order valence-corrected chi connectivity index (χ4v) is 9.75. The van der Waals surface area contributed by atoms with Gasteiger partial charge >= 0.3 is 0 Å². The van der Waals surface area contributed by atoms with Crippen molar-refractivity contribution in [3.05, 3.63) is 204 Å². The van der Waals surface area contributed by atoms with Crippen molar-refractivity contribution in [2.45, 2.75) is 17.8 Å². The van der Waals surface area contributed by atoms with Crippen molar-refractivity contribution in [1.29, 1.82) is 0 Å². The predicted molar refractivity (Wildman–Crippen MR) is 214 cm³/mol. The van der Waals surface area contributed by atoms with Crippen molar-refractivity contribution in [3.8, 4) is 56.3 Å². The standard InChI is InChI=1S/C50H32N2O/c1-4-17-40-36(14-1)37-15-2-5-18-41(37)50(40)42-19-6-10-23-47(42)53-48-27-25-34(30-43(48)50)32-13-11-12-31(28-32)33-24-26-35-38-16-3-8-21-45(38)52-46-22-9-7-20-44(46)51-49(52)39(35)29-33/h1-15,17-30,38H,16H2. The van der Waals surface area contributed by atoms with Crippen molar-refractivity contribution in [3.63, 3.8) is 0 Å². The van der Waals surface area contributed by atoms with E-state index in [0.717, 1.165) is 34.8 Å². The van der Waals surface area contributed by atoms with Crippen molar-refractivity contribution >= 4 is 16.7 Å². The molecule has 0 radical (unpaired) electrons. The SMILES string of the molecule is C1=CCC2C(=C1)n1c(nc3ccccc31)-c1cc(-c3cccc(-c4ccc5c(c4)C4(c6ccccc6O5)c5ccccc5-c5ccccc54)c3)ccc12. The minimum Gasteiger partial charge on any atom is -0.457 e. The van der Waals surface area contributed by atoms with E-state index in [0.29, 0.717) is 5.92 Å². The molecule has 1 unspecified atom stereocenters. The number of allylic oxidation sites excluding steroid dienone is 4. The fraction of sp³-hybridized carbons (Fsp3) is 0.0600. The Morgan fingerprint density at radius 1 is 0.547 bits per heavy atom. The number of aromatic nitrogens is 2. The van der Waals surface area contributed by atoms with Gasteiger partial charge in [0.2, 0.25) is 0 Å². The summed E-state index contributed by atoms with van der Waals surface area (Å²) in [5, 5.41) is 0. The van der Waals surface area contributed by atoms with Crippen LogP contribution in [0.5, 0.6) is 11.5 Å². The predicted octanol–water partition coefficient (Wildman–Crippen LogP) is 12.4. The van der Waals surface area contributed by atoms with E-state index in [1.165, 1.54) is 72.5 Å². The molecule has 1 atom stereocenters. The van der Waals surface area contributed by atoms with Crippen LogP contribution in [0, 0.1) is 0 Å². The highest BCUT2D eigenvalue weighted by molar-refractivity contribution is 5.92. The van der Waals surface area contributed by atoms with Crippen molar-refractivity contribution in [2.24, 2.45) is 0 Å². The molecule has 12 rings (SSSR count). The van der Waals surface area contributed by atoms with Gasteiger partial charge in [-0.1, -0.05) is 127 Å². The Labute approximate surface area is 307 Å². The van der Waals surface area contributed by atoms with E-state index in [1.807, 2.05) is 0 Å². The summed E-state index contributed by atoms with van der Waals surface area (Å²) in [5.41, 5.74) is 17.8. The van der Waals surface area contributed by atoms with Gasteiger partial charge in [0.25, 0.3) is 0 Å². The van der Waals surface area contributed by atoms with Crippen LogP contribution >= 0.6 is 0 Å². The lowest BCUT2D eigenvalue weighted by molar-refractivity contribution is 0.436. The molecule has 0 N–H and O–H groups in total. The van der Waals surface area contributed by atoms with Crippen molar-refractivity contribution in [1.82, 2.24) is 9.55 Å². The van der Waals surface area contributed by atoms with Crippen LogP contribution in [0.1, 0.15) is 40.2 Å². The van der Waals surface area contributed by atoms with Crippen molar-refractivity contribution in [2.75, 3.05) is 0 Å². The molecule has 8 aromatic rings. The number of benzene rings is 7. The number of para-hydroxylation sites is 3. The van der Waals surface area contributed by atoms with Gasteiger partial charge in [-0.2, -0.15) is 0 Å². The number of nitrogens with zero attached hydrogens (tertiary/aromatic N) is 2. The normalized spacial score (nSPS) is 16.4. The molecule has 0 saturated carbocycles. The van der Waals surface area contributed by atoms with E-state index in [-0.39, 0.29) is 0 Å². The maximum atomic E-state index is 6.70. The van der Waals surface area contributed by atoms with Gasteiger partial charge < -0.3 is 4.74 Å². The average molecular weight is 677 g/mol. The monoisotopic (exact) mass is 676 g/mol. The van der Waals surface area contributed by atoms with Gasteiger partial charge in [0.1, 0.15) is 17.3 Å². The molecule has 4 aliphatic rings. The molecular formula is C50H32N2O. The Kier molecular flexibility index (Phi) is 5.82. The van der Waals surface area contributed by atoms with Crippen LogP contribution in [0.25, 0.3) is 61.5 Å². The summed E-state index contributed by atoms with van der Waals surface area (Å²) in [4.78, 5) is 5.20. The third-order valence-corrected chi connectivity index (χ3v) is 12.0. The molecule has 0 fully saturated rings. The summed E-state index contributed by atoms with van der Waals surface area (Å²) in [7, 11) is 0. The molecule has 53 heavy (non-hydrogen) atoms. The molecule has 1 spiro atoms. The second-order valence-corrected chi connectivity index (χ2v) is 14.6. The van der Waals surface area contributed by atoms with Gasteiger partial charge in [0.05, 0.1) is 16.4 Å². The Morgan fingerprint density at radius 2 is 1.21 bits per heavy atom. The summed E-state index contributed by atoms with van der Waals surface area (Å²) < 4.78 is 9.09. The fourth-order valence-electron chi connectivity index (χ4n) is 9.75. The number of hydrogen-bond acceptors (Lipinski definition) is 2. The molecule has 0 saturated heterocycles. The van der Waals surface area contributed by atoms with Gasteiger partial charge in [0.15, 0.2) is 0 Å². The zero-order chi connectivity index (χ0) is 34.7. The van der Waals surface area contributed by atoms with Gasteiger partial charge in [-0.15, -0.1) is 0 Å². The summed E-state index contributed by atoms with van der Waals surface area (Å²) in [6.07, 6.45) is 7.73. The highest BCUT2D eigenvalue weighted by Gasteiger charge is 2.51. The topological polar surface area (TPSA) is 27.1 Å². The third-order valence-electron chi connectivity index (χ3n) is 12.0. The van der Waals surface area contributed by atoms with Crippen LogP contribution in [0.2, 0.25) is 0 Å². The molecule has 0 bridgehead atoms. The van der Waals surface area contributed by atoms with Crippen LogP contribution < -0.4 is 4.74 Å². The summed E-state index contributed by atoms with van der Waals surface area (Å²) in [6, 6.07) is 57.6. The Morgan fingerprint density at radius 3 is 2.04 bits per heavy atom. The van der Waals surface area contributed by atoms with Crippen LogP contribution in [-0.4, -0.2) is 9.55 Å². The summed E-state index contributed by atoms with van der Waals surface area (Å²) in [6.45, 7) is 0. The molecule has 3 nitrogen and oxygen atoms in total. The number of ether oxygens (including phenoxy) is 1. The lowest BCUT2D eigenvalue weighted by Gasteiger charge is -2.39. The third kappa shape index (κ3) is 3.86. The Hall–Kier alpha value is -6.71. The Bertz CT molecular complexity index is 2880. The first-order valence-corrected chi connectivity index (χ1v) is 18.5. The lowest BCUT2D eigenvalue weighted by atomic mass is 9.66. The number of hydrogen-bond donors (Lipinski definition) is 0. The number of rotatable bonds is 2. The van der Waals surface area contributed by atoms with E-state index >= 15 is 0 Å². The highest BCUT2D eigenvalue weighted by Crippen LogP contribution is 2.62. The Balaban J connectivity index is 1.02. The maximum absolute atomic E-state index is 6.70. The van der Waals surface area contributed by atoms with Gasteiger partial charge in [-0.05, 0) is 105 Å². The van der Waals surface area contributed by atoms with Crippen molar-refractivity contribution < 1.29 is 4.74 Å². The maximum Gasteiger partial charge on any atom is 0.145 e. The molecule has 3 heteroatoms. The van der Waals surface area contributed by atoms with E-state index in [2.05, 4.69) is 181 Å². The molecule has 2 aliphatic carbocycles. The van der Waals surface area contributed by atoms with Crippen LogP contribution in [0.4, 0.5) is 0 Å². The summed E-state index contributed by atoms with van der Waals surface area (Å²) in [5.74, 6) is 3.14. The van der Waals surface area contributed by atoms with Gasteiger partial charge in [0, 0.05) is 28.3 Å². The second kappa shape index (κ2) is 10.7. The molecule has 3 heterocycles. The molecule has 2 aliphatic heterocycles. The first-order valence-electron chi connectivity index (χ1n) is 18.5. The largest absolute Gasteiger partial charge is 0.457 e. The van der Waals surface area contributed by atoms with Crippen LogP contribution in [0.3, 0.4) is 0 Å². The number of fused-ring (bicyclic) bond motifs is 17. The first kappa shape index (κ1) is 28.9. The average Bonchev–Trinajstić information content (AvgIpc) is 3.76. The molecule has 248 valence electrons. The number of imidazole rings is 1. The van der Waals surface area contributed by atoms with Crippen LogP contribution in [-0.2, 0) is 5.41 Å². The van der Waals surface area contributed by atoms with E-state index in [4.69, 9.17) is 9.72 Å². The van der Waals surface area contributed by atoms with Gasteiger partial charge in [-0.3, -0.25) is 4.57 Å². The second-order valence-electron chi connectivity index (χ2n) is 14.6. The molecule has 1 aromatic heterocycles. The smallest absolute Gasteiger partial charge is 0.145 e. The minimum absolute atomic E-state index is 0.307. The zero-order valence-electron chi connectivity index (χ0n) is 28.8. The quantitative estimate of drug-likeness (QED) is 0.182. The van der Waals surface area contributed by atoms with E-state index < -0.39 is 5.41 Å². The molecular weight excluding hydrogens is 645 g/mol. The molecule has 0 amide bonds. The van der Waals surface area contributed by atoms with E-state index in [9.17, 15) is 0 Å². The van der Waals surface area contributed by atoms with E-state index in [1.54, 1.807) is 0 Å². The first-order chi connectivity index (χ1) is 26.3. The van der Waals surface area contributed by atoms with Crippen LogP contribution in [0.15, 0.2) is 176 Å². The molecule has 7 aromatic carbocycles.